The van der Waals surface area contributed by atoms with Crippen molar-refractivity contribution in [2.24, 2.45) is 0 Å². The first-order valence-electron chi connectivity index (χ1n) is 5.52. The predicted molar refractivity (Wildman–Crippen MR) is 77.3 cm³/mol. The van der Waals surface area contributed by atoms with Crippen LogP contribution in [0.4, 0.5) is 5.69 Å². The molecule has 0 amide bonds. The molecule has 0 spiro atoms. The molecule has 0 atom stereocenters. The van der Waals surface area contributed by atoms with E-state index in [1.807, 2.05) is 30.5 Å². The summed E-state index contributed by atoms with van der Waals surface area (Å²) in [6.07, 6.45) is 4.69. The van der Waals surface area contributed by atoms with Crippen molar-refractivity contribution in [3.8, 4) is 0 Å². The Balaban J connectivity index is 1.97. The highest BCUT2D eigenvalue weighted by Gasteiger charge is 1.99. The summed E-state index contributed by atoms with van der Waals surface area (Å²) in [5, 5.41) is 8.09. The molecular formula is C13H15N3S. The highest BCUT2D eigenvalue weighted by atomic mass is 32.1. The average molecular weight is 245 g/mol. The largest absolute Gasteiger partial charge is 0.362 e. The van der Waals surface area contributed by atoms with Crippen molar-refractivity contribution in [3.63, 3.8) is 0 Å². The first-order chi connectivity index (χ1) is 8.29. The zero-order chi connectivity index (χ0) is 12.1. The lowest BCUT2D eigenvalue weighted by Crippen LogP contribution is -2.28. The molecule has 1 aromatic carbocycles. The zero-order valence-corrected chi connectivity index (χ0v) is 10.3. The second-order valence-corrected chi connectivity index (χ2v) is 4.15. The lowest BCUT2D eigenvalue weighted by Gasteiger charge is -2.09. The van der Waals surface area contributed by atoms with Crippen LogP contribution in [0.5, 0.6) is 0 Å². The molecule has 0 aliphatic heterocycles. The molecule has 2 rings (SSSR count). The first kappa shape index (κ1) is 11.7. The topological polar surface area (TPSA) is 39.8 Å². The van der Waals surface area contributed by atoms with Gasteiger partial charge in [0.1, 0.15) is 0 Å². The van der Waals surface area contributed by atoms with Gasteiger partial charge < -0.3 is 15.6 Å². The summed E-state index contributed by atoms with van der Waals surface area (Å²) in [5.41, 5.74) is 2.08. The molecule has 0 radical (unpaired) electrons. The van der Waals surface area contributed by atoms with Crippen LogP contribution in [0.2, 0.25) is 0 Å². The van der Waals surface area contributed by atoms with Gasteiger partial charge in [0.25, 0.3) is 0 Å². The number of fused-ring (bicyclic) bond motifs is 1. The van der Waals surface area contributed by atoms with Gasteiger partial charge in [0, 0.05) is 23.9 Å². The maximum Gasteiger partial charge on any atom is 0.170 e. The number of hydrogen-bond acceptors (Lipinski definition) is 1. The standard InChI is InChI=1S/C13H15N3S/c1-2-3-7-15-13(17)16-11-5-4-10-6-8-14-12(10)9-11/h2,4-6,8-9,14H,1,3,7H2,(H2,15,16,17). The molecule has 0 bridgehead atoms. The van der Waals surface area contributed by atoms with Gasteiger partial charge in [-0.1, -0.05) is 12.1 Å². The molecule has 0 saturated heterocycles. The quantitative estimate of drug-likeness (QED) is 0.440. The van der Waals surface area contributed by atoms with Crippen LogP contribution in [0, 0.1) is 0 Å². The Morgan fingerprint density at radius 2 is 2.29 bits per heavy atom. The molecule has 1 aromatic heterocycles. The van der Waals surface area contributed by atoms with Gasteiger partial charge in [0.05, 0.1) is 0 Å². The van der Waals surface area contributed by atoms with Crippen molar-refractivity contribution in [2.75, 3.05) is 11.9 Å². The Morgan fingerprint density at radius 1 is 1.41 bits per heavy atom. The number of rotatable bonds is 4. The van der Waals surface area contributed by atoms with E-state index in [0.717, 1.165) is 24.2 Å². The normalized spacial score (nSPS) is 10.1. The second-order valence-electron chi connectivity index (χ2n) is 3.74. The number of benzene rings is 1. The molecular weight excluding hydrogens is 230 g/mol. The number of thiocarbonyl (C=S) groups is 1. The van der Waals surface area contributed by atoms with E-state index in [-0.39, 0.29) is 0 Å². The van der Waals surface area contributed by atoms with Crippen LogP contribution in [-0.4, -0.2) is 16.6 Å². The highest BCUT2D eigenvalue weighted by molar-refractivity contribution is 7.80. The maximum absolute atomic E-state index is 5.18. The fourth-order valence-corrected chi connectivity index (χ4v) is 1.81. The van der Waals surface area contributed by atoms with E-state index in [1.165, 1.54) is 5.39 Å². The molecule has 0 aliphatic carbocycles. The fraction of sp³-hybridized carbons (Fsp3) is 0.154. The highest BCUT2D eigenvalue weighted by Crippen LogP contribution is 2.17. The third-order valence-electron chi connectivity index (χ3n) is 2.45. The van der Waals surface area contributed by atoms with E-state index in [1.54, 1.807) is 0 Å². The summed E-state index contributed by atoms with van der Waals surface area (Å²) in [4.78, 5) is 3.17. The maximum atomic E-state index is 5.18. The van der Waals surface area contributed by atoms with E-state index < -0.39 is 0 Å². The molecule has 1 heterocycles. The molecule has 17 heavy (non-hydrogen) atoms. The van der Waals surface area contributed by atoms with Crippen molar-refractivity contribution in [3.05, 3.63) is 43.1 Å². The minimum atomic E-state index is 0.637. The van der Waals surface area contributed by atoms with Crippen LogP contribution < -0.4 is 10.6 Å². The van der Waals surface area contributed by atoms with Gasteiger partial charge in [0.2, 0.25) is 0 Å². The average Bonchev–Trinajstić information content (AvgIpc) is 2.76. The number of anilines is 1. The Bertz CT molecular complexity index is 530. The molecule has 2 aromatic rings. The molecule has 0 fully saturated rings. The van der Waals surface area contributed by atoms with Crippen molar-refractivity contribution in [1.82, 2.24) is 10.3 Å². The summed E-state index contributed by atoms with van der Waals surface area (Å²) in [5.74, 6) is 0. The lowest BCUT2D eigenvalue weighted by atomic mass is 10.2. The van der Waals surface area contributed by atoms with Gasteiger partial charge in [-0.2, -0.15) is 0 Å². The Kier molecular flexibility index (Phi) is 3.77. The third kappa shape index (κ3) is 3.07. The molecule has 0 saturated carbocycles. The van der Waals surface area contributed by atoms with Crippen molar-refractivity contribution < 1.29 is 0 Å². The van der Waals surface area contributed by atoms with Gasteiger partial charge in [-0.25, -0.2) is 0 Å². The van der Waals surface area contributed by atoms with Crippen LogP contribution in [-0.2, 0) is 0 Å². The van der Waals surface area contributed by atoms with Crippen LogP contribution in [0.1, 0.15) is 6.42 Å². The van der Waals surface area contributed by atoms with Crippen LogP contribution in [0.25, 0.3) is 10.9 Å². The molecule has 3 N–H and O–H groups in total. The van der Waals surface area contributed by atoms with Crippen LogP contribution in [0.3, 0.4) is 0 Å². The molecule has 0 aliphatic rings. The van der Waals surface area contributed by atoms with Crippen LogP contribution >= 0.6 is 12.2 Å². The van der Waals surface area contributed by atoms with E-state index in [2.05, 4.69) is 28.3 Å². The molecule has 0 unspecified atom stereocenters. The van der Waals surface area contributed by atoms with Gasteiger partial charge in [-0.15, -0.1) is 6.58 Å². The Hall–Kier alpha value is -1.81. The Labute approximate surface area is 106 Å². The van der Waals surface area contributed by atoms with Crippen molar-refractivity contribution in [2.45, 2.75) is 6.42 Å². The third-order valence-corrected chi connectivity index (χ3v) is 2.69. The monoisotopic (exact) mass is 245 g/mol. The second kappa shape index (κ2) is 5.50. The first-order valence-corrected chi connectivity index (χ1v) is 5.93. The number of hydrogen-bond donors (Lipinski definition) is 3. The lowest BCUT2D eigenvalue weighted by molar-refractivity contribution is 0.899. The van der Waals surface area contributed by atoms with Crippen molar-refractivity contribution >= 4 is 33.9 Å². The summed E-state index contributed by atoms with van der Waals surface area (Å²) >= 11 is 5.18. The van der Waals surface area contributed by atoms with E-state index in [0.29, 0.717) is 5.11 Å². The summed E-state index contributed by atoms with van der Waals surface area (Å²) in [6, 6.07) is 8.15. The predicted octanol–water partition coefficient (Wildman–Crippen LogP) is 3.03. The number of aromatic amines is 1. The number of aromatic nitrogens is 1. The van der Waals surface area contributed by atoms with Gasteiger partial charge >= 0.3 is 0 Å². The zero-order valence-electron chi connectivity index (χ0n) is 9.49. The minimum Gasteiger partial charge on any atom is -0.362 e. The number of H-pyrrole nitrogens is 1. The fourth-order valence-electron chi connectivity index (χ4n) is 1.59. The number of nitrogens with one attached hydrogen (secondary N) is 3. The smallest absolute Gasteiger partial charge is 0.170 e. The van der Waals surface area contributed by atoms with Gasteiger partial charge in [-0.3, -0.25) is 0 Å². The van der Waals surface area contributed by atoms with Crippen LogP contribution in [0.15, 0.2) is 43.1 Å². The molecule has 4 heteroatoms. The van der Waals surface area contributed by atoms with E-state index in [4.69, 9.17) is 12.2 Å². The summed E-state index contributed by atoms with van der Waals surface area (Å²) < 4.78 is 0. The van der Waals surface area contributed by atoms with E-state index >= 15 is 0 Å². The Morgan fingerprint density at radius 3 is 3.12 bits per heavy atom. The SMILES string of the molecule is C=CCCNC(=S)Nc1ccc2cc[nH]c2c1. The van der Waals surface area contributed by atoms with Gasteiger partial charge in [0.15, 0.2) is 5.11 Å². The summed E-state index contributed by atoms with van der Waals surface area (Å²) in [6.45, 7) is 4.47. The van der Waals surface area contributed by atoms with Crippen molar-refractivity contribution in [1.29, 1.82) is 0 Å². The molecule has 88 valence electrons. The summed E-state index contributed by atoms with van der Waals surface area (Å²) in [7, 11) is 0. The van der Waals surface area contributed by atoms with Gasteiger partial charge in [-0.05, 0) is 42.2 Å². The minimum absolute atomic E-state index is 0.637. The van der Waals surface area contributed by atoms with E-state index in [9.17, 15) is 0 Å². The molecule has 3 nitrogen and oxygen atoms in total.